The SMILES string of the molecule is C[C@H](C[C@]1(CCN)NC(=O)NC1=O)C(=O)N1CCN(c2ccc(F)c(F)c2)CC1. The zero-order valence-corrected chi connectivity index (χ0v) is 16.2. The van der Waals surface area contributed by atoms with Crippen LogP contribution in [-0.2, 0) is 9.59 Å². The van der Waals surface area contributed by atoms with Gasteiger partial charge in [0.05, 0.1) is 0 Å². The second-order valence-electron chi connectivity index (χ2n) is 7.54. The molecule has 29 heavy (non-hydrogen) atoms. The first-order valence-electron chi connectivity index (χ1n) is 9.58. The molecular weight excluding hydrogens is 384 g/mol. The van der Waals surface area contributed by atoms with Gasteiger partial charge in [0.25, 0.3) is 5.91 Å². The Balaban J connectivity index is 1.60. The van der Waals surface area contributed by atoms with Gasteiger partial charge in [-0.3, -0.25) is 14.9 Å². The number of rotatable bonds is 6. The molecule has 0 aromatic heterocycles. The van der Waals surface area contributed by atoms with E-state index in [9.17, 15) is 23.2 Å². The summed E-state index contributed by atoms with van der Waals surface area (Å²) in [7, 11) is 0. The van der Waals surface area contributed by atoms with Crippen molar-refractivity contribution < 1.29 is 23.2 Å². The Kier molecular flexibility index (Phi) is 6.02. The highest BCUT2D eigenvalue weighted by Crippen LogP contribution is 2.26. The molecule has 0 saturated carbocycles. The third kappa shape index (κ3) is 4.31. The number of carbonyl (C=O) groups is 3. The van der Waals surface area contributed by atoms with E-state index >= 15 is 0 Å². The van der Waals surface area contributed by atoms with Gasteiger partial charge in [0.1, 0.15) is 5.54 Å². The standard InChI is InChI=1S/C19H25F2N5O3/c1-12(11-19(4-5-22)17(28)23-18(29)24-19)16(27)26-8-6-25(7-9-26)13-2-3-14(20)15(21)10-13/h2-3,10,12H,4-9,11,22H2,1H3,(H2,23,24,28,29)/t12-,19+/m1/s1. The number of hydrogen-bond acceptors (Lipinski definition) is 5. The second kappa shape index (κ2) is 8.32. The van der Waals surface area contributed by atoms with E-state index in [0.717, 1.165) is 12.1 Å². The van der Waals surface area contributed by atoms with Crippen LogP contribution in [0.25, 0.3) is 0 Å². The minimum atomic E-state index is -1.17. The highest BCUT2D eigenvalue weighted by Gasteiger charge is 2.47. The van der Waals surface area contributed by atoms with Crippen LogP contribution in [0, 0.1) is 17.6 Å². The van der Waals surface area contributed by atoms with Crippen LogP contribution in [0.1, 0.15) is 19.8 Å². The average molecular weight is 409 g/mol. The van der Waals surface area contributed by atoms with Gasteiger partial charge < -0.3 is 20.9 Å². The molecule has 4 N–H and O–H groups in total. The topological polar surface area (TPSA) is 108 Å². The maximum absolute atomic E-state index is 13.5. The summed E-state index contributed by atoms with van der Waals surface area (Å²) in [4.78, 5) is 40.3. The molecule has 0 spiro atoms. The first kappa shape index (κ1) is 21.0. The number of anilines is 1. The Morgan fingerprint density at radius 3 is 2.45 bits per heavy atom. The van der Waals surface area contributed by atoms with Crippen LogP contribution in [-0.4, -0.2) is 61.0 Å². The minimum Gasteiger partial charge on any atom is -0.368 e. The number of nitrogens with one attached hydrogen (secondary N) is 2. The number of piperazine rings is 1. The number of imide groups is 1. The van der Waals surface area contributed by atoms with Gasteiger partial charge in [-0.05, 0) is 31.5 Å². The van der Waals surface area contributed by atoms with E-state index in [2.05, 4.69) is 10.6 Å². The zero-order chi connectivity index (χ0) is 21.2. The molecule has 1 aromatic carbocycles. The largest absolute Gasteiger partial charge is 0.368 e. The predicted molar refractivity (Wildman–Crippen MR) is 102 cm³/mol. The van der Waals surface area contributed by atoms with Crippen LogP contribution in [0.5, 0.6) is 0 Å². The molecule has 4 amide bonds. The molecule has 158 valence electrons. The lowest BCUT2D eigenvalue weighted by atomic mass is 9.84. The molecule has 1 aromatic rings. The van der Waals surface area contributed by atoms with Crippen molar-refractivity contribution in [2.75, 3.05) is 37.6 Å². The quantitative estimate of drug-likeness (QED) is 0.596. The summed E-state index contributed by atoms with van der Waals surface area (Å²) in [5.41, 5.74) is 5.00. The van der Waals surface area contributed by atoms with Crippen LogP contribution in [0.2, 0.25) is 0 Å². The summed E-state index contributed by atoms with van der Waals surface area (Å²) < 4.78 is 26.6. The molecule has 3 rings (SSSR count). The van der Waals surface area contributed by atoms with Gasteiger partial charge in [0, 0.05) is 43.9 Å². The van der Waals surface area contributed by atoms with Gasteiger partial charge in [0.15, 0.2) is 11.6 Å². The molecule has 2 aliphatic heterocycles. The van der Waals surface area contributed by atoms with Gasteiger partial charge in [-0.25, -0.2) is 13.6 Å². The fraction of sp³-hybridized carbons (Fsp3) is 0.526. The fourth-order valence-electron chi connectivity index (χ4n) is 3.98. The fourth-order valence-corrected chi connectivity index (χ4v) is 3.98. The summed E-state index contributed by atoms with van der Waals surface area (Å²) in [5.74, 6) is -2.89. The summed E-state index contributed by atoms with van der Waals surface area (Å²) in [6.45, 7) is 3.72. The molecule has 0 unspecified atom stereocenters. The number of nitrogens with two attached hydrogens (primary N) is 1. The Hall–Kier alpha value is -2.75. The maximum atomic E-state index is 13.5. The number of halogens is 2. The van der Waals surface area contributed by atoms with Crippen LogP contribution >= 0.6 is 0 Å². The smallest absolute Gasteiger partial charge is 0.322 e. The molecule has 2 atom stereocenters. The molecule has 0 aliphatic carbocycles. The third-order valence-corrected chi connectivity index (χ3v) is 5.52. The molecule has 8 nitrogen and oxygen atoms in total. The van der Waals surface area contributed by atoms with E-state index in [0.29, 0.717) is 31.9 Å². The molecule has 0 bridgehead atoms. The number of hydrogen-bond donors (Lipinski definition) is 3. The van der Waals surface area contributed by atoms with E-state index in [1.54, 1.807) is 11.8 Å². The van der Waals surface area contributed by atoms with Crippen molar-refractivity contribution >= 4 is 23.5 Å². The monoisotopic (exact) mass is 409 g/mol. The second-order valence-corrected chi connectivity index (χ2v) is 7.54. The Labute approximate surface area is 167 Å². The van der Waals surface area contributed by atoms with Gasteiger partial charge >= 0.3 is 6.03 Å². The van der Waals surface area contributed by atoms with Crippen molar-refractivity contribution in [3.8, 4) is 0 Å². The molecule has 10 heteroatoms. The summed E-state index contributed by atoms with van der Waals surface area (Å²) >= 11 is 0. The first-order valence-corrected chi connectivity index (χ1v) is 9.58. The van der Waals surface area contributed by atoms with Gasteiger partial charge in [-0.1, -0.05) is 6.92 Å². The van der Waals surface area contributed by atoms with Gasteiger partial charge in [-0.2, -0.15) is 0 Å². The molecule has 2 aliphatic rings. The van der Waals surface area contributed by atoms with Crippen LogP contribution in [0.3, 0.4) is 0 Å². The zero-order valence-electron chi connectivity index (χ0n) is 16.2. The van der Waals surface area contributed by atoms with Crippen LogP contribution < -0.4 is 21.3 Å². The van der Waals surface area contributed by atoms with E-state index in [-0.39, 0.29) is 25.3 Å². The summed E-state index contributed by atoms with van der Waals surface area (Å²) in [6.07, 6.45) is 0.399. The van der Waals surface area contributed by atoms with Crippen molar-refractivity contribution in [3.63, 3.8) is 0 Å². The summed E-state index contributed by atoms with van der Waals surface area (Å²) in [6, 6.07) is 3.16. The van der Waals surface area contributed by atoms with Gasteiger partial charge in [-0.15, -0.1) is 0 Å². The lowest BCUT2D eigenvalue weighted by Crippen LogP contribution is -2.53. The van der Waals surface area contributed by atoms with Crippen molar-refractivity contribution in [1.29, 1.82) is 0 Å². The predicted octanol–water partition coefficient (Wildman–Crippen LogP) is 0.567. The van der Waals surface area contributed by atoms with E-state index in [1.165, 1.54) is 6.07 Å². The molecular formula is C19H25F2N5O3. The van der Waals surface area contributed by atoms with E-state index < -0.39 is 35.0 Å². The van der Waals surface area contributed by atoms with Crippen molar-refractivity contribution in [3.05, 3.63) is 29.8 Å². The highest BCUT2D eigenvalue weighted by molar-refractivity contribution is 6.07. The molecule has 2 fully saturated rings. The number of nitrogens with zero attached hydrogens (tertiary/aromatic N) is 2. The Morgan fingerprint density at radius 1 is 1.21 bits per heavy atom. The van der Waals surface area contributed by atoms with Gasteiger partial charge in [0.2, 0.25) is 5.91 Å². The van der Waals surface area contributed by atoms with E-state index in [4.69, 9.17) is 5.73 Å². The number of urea groups is 1. The number of amides is 4. The summed E-state index contributed by atoms with van der Waals surface area (Å²) in [5, 5.41) is 4.84. The average Bonchev–Trinajstić information content (AvgIpc) is 2.96. The molecule has 0 radical (unpaired) electrons. The van der Waals surface area contributed by atoms with Crippen molar-refractivity contribution in [2.45, 2.75) is 25.3 Å². The van der Waals surface area contributed by atoms with Crippen molar-refractivity contribution in [1.82, 2.24) is 15.5 Å². The number of carbonyl (C=O) groups excluding carboxylic acids is 3. The lowest BCUT2D eigenvalue weighted by molar-refractivity contribution is -0.136. The highest BCUT2D eigenvalue weighted by atomic mass is 19.2. The molecule has 2 heterocycles. The Morgan fingerprint density at radius 2 is 1.90 bits per heavy atom. The first-order chi connectivity index (χ1) is 13.8. The minimum absolute atomic E-state index is 0.125. The lowest BCUT2D eigenvalue weighted by Gasteiger charge is -2.38. The van der Waals surface area contributed by atoms with E-state index in [1.807, 2.05) is 4.90 Å². The third-order valence-electron chi connectivity index (χ3n) is 5.52. The molecule has 2 saturated heterocycles. The Bertz CT molecular complexity index is 813. The normalized spacial score (nSPS) is 23.0. The number of benzene rings is 1. The maximum Gasteiger partial charge on any atom is 0.322 e. The van der Waals surface area contributed by atoms with Crippen LogP contribution in [0.15, 0.2) is 18.2 Å². The van der Waals surface area contributed by atoms with Crippen molar-refractivity contribution in [2.24, 2.45) is 11.7 Å². The van der Waals surface area contributed by atoms with Crippen LogP contribution in [0.4, 0.5) is 19.3 Å².